The van der Waals surface area contributed by atoms with Crippen molar-refractivity contribution < 1.29 is 0 Å². The Morgan fingerprint density at radius 3 is 3.00 bits per heavy atom. The molecule has 0 bridgehead atoms. The minimum atomic E-state index is 0.131. The van der Waals surface area contributed by atoms with E-state index in [4.69, 9.17) is 5.84 Å². The lowest BCUT2D eigenvalue weighted by Gasteiger charge is -2.19. The fraction of sp³-hybridized carbons (Fsp3) is 0.643. The first kappa shape index (κ1) is 13.3. The monoisotopic (exact) mass is 248 g/mol. The number of aryl methyl sites for hydroxylation is 2. The number of nitrogens with two attached hydrogens (primary N) is 1. The van der Waals surface area contributed by atoms with E-state index < -0.39 is 0 Å². The number of rotatable bonds is 4. The number of hydrazine groups is 1. The van der Waals surface area contributed by atoms with Crippen LogP contribution in [0.5, 0.6) is 0 Å². The molecule has 3 N–H and O–H groups in total. The second kappa shape index (κ2) is 6.16. The maximum absolute atomic E-state index is 5.79. The Bertz CT molecular complexity index is 419. The second-order valence-corrected chi connectivity index (χ2v) is 5.04. The number of nitrogens with zero attached hydrogens (tertiary/aromatic N) is 2. The van der Waals surface area contributed by atoms with E-state index in [9.17, 15) is 0 Å². The van der Waals surface area contributed by atoms with E-state index >= 15 is 0 Å². The van der Waals surface area contributed by atoms with E-state index in [1.54, 1.807) is 0 Å². The SMILES string of the molecule is CCc1nn(C)cc1C(NN)C1=CCCCCC1. The van der Waals surface area contributed by atoms with Gasteiger partial charge in [-0.3, -0.25) is 10.5 Å². The Hall–Kier alpha value is -1.13. The van der Waals surface area contributed by atoms with Crippen molar-refractivity contribution in [3.8, 4) is 0 Å². The summed E-state index contributed by atoms with van der Waals surface area (Å²) >= 11 is 0. The van der Waals surface area contributed by atoms with Crippen LogP contribution in [0.15, 0.2) is 17.8 Å². The van der Waals surface area contributed by atoms with Crippen LogP contribution in [0.4, 0.5) is 0 Å². The highest BCUT2D eigenvalue weighted by molar-refractivity contribution is 5.30. The Morgan fingerprint density at radius 2 is 2.28 bits per heavy atom. The number of nitrogens with one attached hydrogen (secondary N) is 1. The Kier molecular flexibility index (Phi) is 4.55. The molecule has 0 saturated carbocycles. The van der Waals surface area contributed by atoms with Crippen LogP contribution in [0.3, 0.4) is 0 Å². The van der Waals surface area contributed by atoms with E-state index in [1.165, 1.54) is 36.8 Å². The highest BCUT2D eigenvalue weighted by atomic mass is 15.3. The third kappa shape index (κ3) is 2.82. The van der Waals surface area contributed by atoms with Gasteiger partial charge in [0.25, 0.3) is 0 Å². The summed E-state index contributed by atoms with van der Waals surface area (Å²) in [6, 6.07) is 0.131. The standard InChI is InChI=1S/C14H24N4/c1-3-13-12(10-18(2)17-13)14(16-15)11-8-6-4-5-7-9-11/h8,10,14,16H,3-7,9,15H2,1-2H3. The van der Waals surface area contributed by atoms with E-state index in [2.05, 4.69) is 29.7 Å². The molecule has 100 valence electrons. The number of aromatic nitrogens is 2. The van der Waals surface area contributed by atoms with E-state index in [0.717, 1.165) is 18.5 Å². The lowest BCUT2D eigenvalue weighted by Crippen LogP contribution is -2.30. The zero-order valence-corrected chi connectivity index (χ0v) is 11.4. The molecule has 0 aromatic carbocycles. The lowest BCUT2D eigenvalue weighted by molar-refractivity contribution is 0.588. The first-order valence-electron chi connectivity index (χ1n) is 6.93. The van der Waals surface area contributed by atoms with Crippen LogP contribution in [0.25, 0.3) is 0 Å². The molecule has 1 heterocycles. The Balaban J connectivity index is 2.28. The van der Waals surface area contributed by atoms with Gasteiger partial charge in [-0.05, 0) is 32.1 Å². The molecule has 0 aliphatic heterocycles. The largest absolute Gasteiger partial charge is 0.275 e. The topological polar surface area (TPSA) is 55.9 Å². The van der Waals surface area contributed by atoms with Crippen LogP contribution in [0.2, 0.25) is 0 Å². The minimum Gasteiger partial charge on any atom is -0.275 e. The van der Waals surface area contributed by atoms with Gasteiger partial charge in [0.2, 0.25) is 0 Å². The van der Waals surface area contributed by atoms with Crippen molar-refractivity contribution >= 4 is 0 Å². The van der Waals surface area contributed by atoms with Gasteiger partial charge >= 0.3 is 0 Å². The van der Waals surface area contributed by atoms with Crippen molar-refractivity contribution in [3.63, 3.8) is 0 Å². The fourth-order valence-electron chi connectivity index (χ4n) is 2.77. The number of allylic oxidation sites excluding steroid dienone is 1. The van der Waals surface area contributed by atoms with Crippen LogP contribution in [0, 0.1) is 0 Å². The van der Waals surface area contributed by atoms with Crippen LogP contribution < -0.4 is 11.3 Å². The first-order chi connectivity index (χ1) is 8.76. The van der Waals surface area contributed by atoms with Crippen LogP contribution in [0.1, 0.15) is 56.3 Å². The molecule has 1 aliphatic carbocycles. The smallest absolute Gasteiger partial charge is 0.0703 e. The molecule has 4 heteroatoms. The van der Waals surface area contributed by atoms with Gasteiger partial charge in [0.15, 0.2) is 0 Å². The molecule has 1 aliphatic rings. The van der Waals surface area contributed by atoms with E-state index in [1.807, 2.05) is 11.7 Å². The molecule has 0 amide bonds. The normalized spacial score (nSPS) is 18.3. The van der Waals surface area contributed by atoms with Crippen LogP contribution in [-0.4, -0.2) is 9.78 Å². The average Bonchev–Trinajstić information content (AvgIpc) is 2.58. The molecule has 1 atom stereocenters. The summed E-state index contributed by atoms with van der Waals surface area (Å²) in [5.41, 5.74) is 6.79. The predicted molar refractivity (Wildman–Crippen MR) is 73.8 cm³/mol. The Morgan fingerprint density at radius 1 is 1.44 bits per heavy atom. The van der Waals surface area contributed by atoms with Crippen molar-refractivity contribution in [2.75, 3.05) is 0 Å². The Labute approximate surface area is 109 Å². The van der Waals surface area contributed by atoms with Crippen molar-refractivity contribution in [2.24, 2.45) is 12.9 Å². The maximum atomic E-state index is 5.79. The maximum Gasteiger partial charge on any atom is 0.0703 e. The third-order valence-corrected chi connectivity index (χ3v) is 3.70. The summed E-state index contributed by atoms with van der Waals surface area (Å²) in [7, 11) is 1.97. The summed E-state index contributed by atoms with van der Waals surface area (Å²) in [5, 5.41) is 4.51. The van der Waals surface area contributed by atoms with Gasteiger partial charge in [0.05, 0.1) is 11.7 Å². The van der Waals surface area contributed by atoms with Crippen molar-refractivity contribution in [3.05, 3.63) is 29.1 Å². The van der Waals surface area contributed by atoms with Gasteiger partial charge in [0.1, 0.15) is 0 Å². The molecule has 0 spiro atoms. The molecule has 1 aromatic rings. The summed E-state index contributed by atoms with van der Waals surface area (Å²) in [5.74, 6) is 5.79. The fourth-order valence-corrected chi connectivity index (χ4v) is 2.77. The molecule has 2 rings (SSSR count). The predicted octanol–water partition coefficient (Wildman–Crippen LogP) is 2.38. The van der Waals surface area contributed by atoms with E-state index in [-0.39, 0.29) is 6.04 Å². The highest BCUT2D eigenvalue weighted by Gasteiger charge is 2.20. The molecule has 0 saturated heterocycles. The average molecular weight is 248 g/mol. The highest BCUT2D eigenvalue weighted by Crippen LogP contribution is 2.30. The molecular weight excluding hydrogens is 224 g/mol. The summed E-state index contributed by atoms with van der Waals surface area (Å²) in [4.78, 5) is 0. The van der Waals surface area contributed by atoms with Crippen LogP contribution in [-0.2, 0) is 13.5 Å². The molecular formula is C14H24N4. The van der Waals surface area contributed by atoms with E-state index in [0.29, 0.717) is 0 Å². The van der Waals surface area contributed by atoms with Crippen molar-refractivity contribution in [1.29, 1.82) is 0 Å². The molecule has 4 nitrogen and oxygen atoms in total. The third-order valence-electron chi connectivity index (χ3n) is 3.70. The van der Waals surface area contributed by atoms with Gasteiger partial charge in [-0.2, -0.15) is 5.10 Å². The molecule has 18 heavy (non-hydrogen) atoms. The second-order valence-electron chi connectivity index (χ2n) is 5.04. The van der Waals surface area contributed by atoms with Gasteiger partial charge in [-0.1, -0.05) is 25.0 Å². The van der Waals surface area contributed by atoms with Gasteiger partial charge in [-0.15, -0.1) is 0 Å². The lowest BCUT2D eigenvalue weighted by atomic mass is 9.95. The molecule has 1 unspecified atom stereocenters. The minimum absolute atomic E-state index is 0.131. The first-order valence-corrected chi connectivity index (χ1v) is 6.93. The van der Waals surface area contributed by atoms with Crippen molar-refractivity contribution in [2.45, 2.75) is 51.5 Å². The van der Waals surface area contributed by atoms with Gasteiger partial charge in [0, 0.05) is 18.8 Å². The number of hydrogen-bond donors (Lipinski definition) is 2. The molecule has 0 radical (unpaired) electrons. The molecule has 0 fully saturated rings. The summed E-state index contributed by atoms with van der Waals surface area (Å²) < 4.78 is 1.88. The van der Waals surface area contributed by atoms with Gasteiger partial charge in [-0.25, -0.2) is 5.43 Å². The summed E-state index contributed by atoms with van der Waals surface area (Å²) in [6.45, 7) is 2.14. The molecule has 1 aromatic heterocycles. The summed E-state index contributed by atoms with van der Waals surface area (Å²) in [6.07, 6.45) is 11.6. The zero-order valence-electron chi connectivity index (χ0n) is 11.4. The van der Waals surface area contributed by atoms with Crippen LogP contribution >= 0.6 is 0 Å². The zero-order chi connectivity index (χ0) is 13.0. The van der Waals surface area contributed by atoms with Crippen molar-refractivity contribution in [1.82, 2.24) is 15.2 Å². The number of hydrogen-bond acceptors (Lipinski definition) is 3. The van der Waals surface area contributed by atoms with Gasteiger partial charge < -0.3 is 0 Å². The quantitative estimate of drug-likeness (QED) is 0.488.